The number of anilines is 1. The number of carbonyl (C=O) groups excluding carboxylic acids is 1. The van der Waals surface area contributed by atoms with Gasteiger partial charge in [0.15, 0.2) is 5.76 Å². The van der Waals surface area contributed by atoms with Crippen molar-refractivity contribution in [3.8, 4) is 5.75 Å². The van der Waals surface area contributed by atoms with Gasteiger partial charge in [0.1, 0.15) is 11.3 Å². The molecule has 2 aromatic carbocycles. The fourth-order valence-electron chi connectivity index (χ4n) is 2.73. The summed E-state index contributed by atoms with van der Waals surface area (Å²) in [5.41, 5.74) is 3.44. The highest BCUT2D eigenvalue weighted by Crippen LogP contribution is 2.29. The first kappa shape index (κ1) is 16.1. The zero-order valence-electron chi connectivity index (χ0n) is 14.2. The van der Waals surface area contributed by atoms with Crippen molar-refractivity contribution in [2.75, 3.05) is 11.9 Å². The second-order valence-electron chi connectivity index (χ2n) is 5.62. The molecule has 0 unspecified atom stereocenters. The second-order valence-corrected chi connectivity index (χ2v) is 5.62. The number of fused-ring (bicyclic) bond motifs is 1. The van der Waals surface area contributed by atoms with Crippen LogP contribution in [0.15, 0.2) is 46.9 Å². The summed E-state index contributed by atoms with van der Waals surface area (Å²) in [5.74, 6) is 0.717. The molecule has 4 heteroatoms. The van der Waals surface area contributed by atoms with Gasteiger partial charge in [-0.2, -0.15) is 0 Å². The number of furan rings is 1. The van der Waals surface area contributed by atoms with Crippen LogP contribution in [0, 0.1) is 6.92 Å². The van der Waals surface area contributed by atoms with Crippen LogP contribution in [0.4, 0.5) is 5.69 Å². The average molecular weight is 323 g/mol. The van der Waals surface area contributed by atoms with E-state index in [1.54, 1.807) is 0 Å². The lowest BCUT2D eigenvalue weighted by molar-refractivity contribution is 0.0997. The second kappa shape index (κ2) is 6.79. The minimum atomic E-state index is -0.270. The van der Waals surface area contributed by atoms with Gasteiger partial charge in [0.25, 0.3) is 5.91 Å². The van der Waals surface area contributed by atoms with E-state index in [4.69, 9.17) is 9.15 Å². The number of hydrogen-bond donors (Lipinski definition) is 1. The van der Waals surface area contributed by atoms with Crippen LogP contribution in [0.1, 0.15) is 35.5 Å². The fourth-order valence-corrected chi connectivity index (χ4v) is 2.73. The molecule has 1 N–H and O–H groups in total. The molecule has 0 radical (unpaired) electrons. The van der Waals surface area contributed by atoms with Crippen molar-refractivity contribution in [3.05, 3.63) is 59.4 Å². The van der Waals surface area contributed by atoms with E-state index in [0.717, 1.165) is 23.0 Å². The van der Waals surface area contributed by atoms with Crippen LogP contribution in [-0.2, 0) is 6.42 Å². The van der Waals surface area contributed by atoms with Crippen molar-refractivity contribution >= 4 is 22.6 Å². The molecule has 24 heavy (non-hydrogen) atoms. The molecule has 0 spiro atoms. The van der Waals surface area contributed by atoms with E-state index in [2.05, 4.69) is 18.3 Å². The molecular weight excluding hydrogens is 302 g/mol. The maximum atomic E-state index is 12.7. The summed E-state index contributed by atoms with van der Waals surface area (Å²) in [6.45, 7) is 6.47. The number of aryl methyl sites for hydroxylation is 2. The van der Waals surface area contributed by atoms with Crippen LogP contribution in [-0.4, -0.2) is 12.5 Å². The van der Waals surface area contributed by atoms with Gasteiger partial charge in [-0.1, -0.05) is 25.1 Å². The molecule has 0 bridgehead atoms. The van der Waals surface area contributed by atoms with Gasteiger partial charge in [-0.15, -0.1) is 0 Å². The Labute approximate surface area is 141 Å². The standard InChI is InChI=1S/C20H21NO3/c1-4-14-10-11-17-15(12-14)13(3)19(24-17)20(22)21-16-8-6-7-9-18(16)23-5-2/h6-12H,4-5H2,1-3H3,(H,21,22). The summed E-state index contributed by atoms with van der Waals surface area (Å²) in [4.78, 5) is 12.7. The Kier molecular flexibility index (Phi) is 4.56. The fraction of sp³-hybridized carbons (Fsp3) is 0.250. The SMILES string of the molecule is CCOc1ccccc1NC(=O)c1oc2ccc(CC)cc2c1C. The summed E-state index contributed by atoms with van der Waals surface area (Å²) in [6.07, 6.45) is 0.948. The van der Waals surface area contributed by atoms with Gasteiger partial charge in [-0.25, -0.2) is 0 Å². The molecule has 124 valence electrons. The van der Waals surface area contributed by atoms with E-state index in [0.29, 0.717) is 23.8 Å². The van der Waals surface area contributed by atoms with Gasteiger partial charge < -0.3 is 14.5 Å². The largest absolute Gasteiger partial charge is 0.492 e. The molecule has 1 aromatic heterocycles. The molecule has 0 fully saturated rings. The van der Waals surface area contributed by atoms with Gasteiger partial charge in [-0.05, 0) is 50.1 Å². The van der Waals surface area contributed by atoms with E-state index in [1.165, 1.54) is 5.56 Å². The van der Waals surface area contributed by atoms with Crippen molar-refractivity contribution in [3.63, 3.8) is 0 Å². The van der Waals surface area contributed by atoms with Crippen LogP contribution in [0.25, 0.3) is 11.0 Å². The normalized spacial score (nSPS) is 10.8. The third kappa shape index (κ3) is 3.00. The van der Waals surface area contributed by atoms with Crippen molar-refractivity contribution in [2.24, 2.45) is 0 Å². The van der Waals surface area contributed by atoms with E-state index < -0.39 is 0 Å². The Morgan fingerprint density at radius 3 is 2.71 bits per heavy atom. The Hall–Kier alpha value is -2.75. The summed E-state index contributed by atoms with van der Waals surface area (Å²) in [6, 6.07) is 13.4. The number of nitrogens with one attached hydrogen (secondary N) is 1. The number of ether oxygens (including phenoxy) is 1. The molecule has 0 aliphatic rings. The minimum absolute atomic E-state index is 0.270. The Morgan fingerprint density at radius 2 is 1.96 bits per heavy atom. The molecule has 3 rings (SSSR count). The molecule has 0 aliphatic carbocycles. The summed E-state index contributed by atoms with van der Waals surface area (Å²) >= 11 is 0. The minimum Gasteiger partial charge on any atom is -0.492 e. The first-order valence-electron chi connectivity index (χ1n) is 8.19. The molecule has 3 aromatic rings. The van der Waals surface area contributed by atoms with Crippen molar-refractivity contribution < 1.29 is 13.9 Å². The van der Waals surface area contributed by atoms with Gasteiger partial charge in [0.05, 0.1) is 12.3 Å². The predicted molar refractivity (Wildman–Crippen MR) is 95.9 cm³/mol. The van der Waals surface area contributed by atoms with Crippen LogP contribution in [0.3, 0.4) is 0 Å². The molecular formula is C20H21NO3. The number of para-hydroxylation sites is 2. The van der Waals surface area contributed by atoms with Gasteiger partial charge >= 0.3 is 0 Å². The highest BCUT2D eigenvalue weighted by Gasteiger charge is 2.19. The smallest absolute Gasteiger partial charge is 0.291 e. The third-order valence-corrected chi connectivity index (χ3v) is 4.05. The Bertz CT molecular complexity index is 880. The maximum Gasteiger partial charge on any atom is 0.291 e. The number of carbonyl (C=O) groups is 1. The number of amides is 1. The molecule has 0 atom stereocenters. The van der Waals surface area contributed by atoms with Gasteiger partial charge in [0.2, 0.25) is 0 Å². The highest BCUT2D eigenvalue weighted by atomic mass is 16.5. The predicted octanol–water partition coefficient (Wildman–Crippen LogP) is 4.95. The van der Waals surface area contributed by atoms with E-state index in [-0.39, 0.29) is 5.91 Å². The zero-order chi connectivity index (χ0) is 17.1. The lowest BCUT2D eigenvalue weighted by Gasteiger charge is -2.10. The zero-order valence-corrected chi connectivity index (χ0v) is 14.2. The molecule has 1 heterocycles. The Morgan fingerprint density at radius 1 is 1.17 bits per heavy atom. The monoisotopic (exact) mass is 323 g/mol. The highest BCUT2D eigenvalue weighted by molar-refractivity contribution is 6.07. The van der Waals surface area contributed by atoms with E-state index >= 15 is 0 Å². The van der Waals surface area contributed by atoms with Crippen molar-refractivity contribution in [1.29, 1.82) is 0 Å². The van der Waals surface area contributed by atoms with Gasteiger partial charge in [-0.3, -0.25) is 4.79 Å². The molecule has 0 saturated carbocycles. The molecule has 1 amide bonds. The van der Waals surface area contributed by atoms with Crippen molar-refractivity contribution in [2.45, 2.75) is 27.2 Å². The van der Waals surface area contributed by atoms with Crippen molar-refractivity contribution in [1.82, 2.24) is 0 Å². The number of rotatable bonds is 5. The summed E-state index contributed by atoms with van der Waals surface area (Å²) in [7, 11) is 0. The summed E-state index contributed by atoms with van der Waals surface area (Å²) < 4.78 is 11.3. The number of benzene rings is 2. The topological polar surface area (TPSA) is 51.5 Å². The molecule has 0 aliphatic heterocycles. The lowest BCUT2D eigenvalue weighted by Crippen LogP contribution is -2.13. The molecule has 4 nitrogen and oxygen atoms in total. The quantitative estimate of drug-likeness (QED) is 0.722. The molecule has 0 saturated heterocycles. The number of hydrogen-bond acceptors (Lipinski definition) is 3. The third-order valence-electron chi connectivity index (χ3n) is 4.05. The van der Waals surface area contributed by atoms with Crippen LogP contribution < -0.4 is 10.1 Å². The first-order chi connectivity index (χ1) is 11.6. The van der Waals surface area contributed by atoms with E-state index in [9.17, 15) is 4.79 Å². The maximum absolute atomic E-state index is 12.7. The first-order valence-corrected chi connectivity index (χ1v) is 8.19. The summed E-state index contributed by atoms with van der Waals surface area (Å²) in [5, 5.41) is 3.87. The lowest BCUT2D eigenvalue weighted by atomic mass is 10.1. The van der Waals surface area contributed by atoms with Crippen LogP contribution in [0.5, 0.6) is 5.75 Å². The Balaban J connectivity index is 1.93. The van der Waals surface area contributed by atoms with Gasteiger partial charge in [0, 0.05) is 10.9 Å². The van der Waals surface area contributed by atoms with Crippen LogP contribution >= 0.6 is 0 Å². The average Bonchev–Trinajstić information content (AvgIpc) is 2.93. The van der Waals surface area contributed by atoms with E-state index in [1.807, 2.05) is 50.2 Å². The van der Waals surface area contributed by atoms with Crippen LogP contribution in [0.2, 0.25) is 0 Å².